The predicted molar refractivity (Wildman–Crippen MR) is 162 cm³/mol. The predicted octanol–water partition coefficient (Wildman–Crippen LogP) is 5.49. The van der Waals surface area contributed by atoms with E-state index in [0.717, 1.165) is 61.7 Å². The third-order valence-corrected chi connectivity index (χ3v) is 12.7. The second-order valence-corrected chi connectivity index (χ2v) is 17.2. The summed E-state index contributed by atoms with van der Waals surface area (Å²) < 4.78 is 6.15. The van der Waals surface area contributed by atoms with Crippen molar-refractivity contribution in [2.45, 2.75) is 129 Å². The maximum Gasteiger partial charge on any atom is 0.0867 e. The molecule has 1 N–H and O–H groups in total. The van der Waals surface area contributed by atoms with Crippen LogP contribution in [0, 0.1) is 35.5 Å². The lowest BCUT2D eigenvalue weighted by molar-refractivity contribution is -0.0712. The Hall–Kier alpha value is -0.200. The van der Waals surface area contributed by atoms with E-state index in [4.69, 9.17) is 4.74 Å². The lowest BCUT2D eigenvalue weighted by Gasteiger charge is -2.56. The largest absolute Gasteiger partial charge is 0.374 e. The standard InChI is InChI=1S/C34H62N4O/c1-32(2,3)36-18-24(15-25-9-8-10-26(25)19-36)16-33(4,5)37-20-27-11-12-29(27)28(21-37)17-34(6,7)38-22-30-31(23-38)39-14-13-35-30/h24-31,35H,8-23H2,1-7H3. The van der Waals surface area contributed by atoms with E-state index in [2.05, 4.69) is 68.5 Å². The Morgan fingerprint density at radius 2 is 1.41 bits per heavy atom. The first-order valence-corrected chi connectivity index (χ1v) is 17.0. The smallest absolute Gasteiger partial charge is 0.0867 e. The van der Waals surface area contributed by atoms with Gasteiger partial charge in [-0.15, -0.1) is 0 Å². The summed E-state index contributed by atoms with van der Waals surface area (Å²) in [5, 5.41) is 3.73. The second kappa shape index (κ2) is 10.8. The number of hydrogen-bond donors (Lipinski definition) is 1. The van der Waals surface area contributed by atoms with E-state index >= 15 is 0 Å². The van der Waals surface area contributed by atoms with E-state index in [1.54, 1.807) is 0 Å². The minimum absolute atomic E-state index is 0.242. The molecule has 5 heteroatoms. The van der Waals surface area contributed by atoms with Crippen LogP contribution in [0.3, 0.4) is 0 Å². The first-order chi connectivity index (χ1) is 18.4. The van der Waals surface area contributed by atoms with Gasteiger partial charge in [0.1, 0.15) is 0 Å². The fraction of sp³-hybridized carbons (Fsp3) is 1.00. The fourth-order valence-electron chi connectivity index (χ4n) is 10.2. The highest BCUT2D eigenvalue weighted by molar-refractivity contribution is 5.04. The molecule has 0 amide bonds. The number of ether oxygens (including phenoxy) is 1. The third-order valence-electron chi connectivity index (χ3n) is 12.7. The van der Waals surface area contributed by atoms with Gasteiger partial charge >= 0.3 is 0 Å². The Morgan fingerprint density at radius 3 is 2.13 bits per heavy atom. The van der Waals surface area contributed by atoms with Crippen LogP contribution in [0.5, 0.6) is 0 Å². The zero-order valence-corrected chi connectivity index (χ0v) is 26.7. The molecule has 224 valence electrons. The first kappa shape index (κ1) is 28.9. The van der Waals surface area contributed by atoms with Crippen molar-refractivity contribution in [2.75, 3.05) is 52.4 Å². The fourth-order valence-corrected chi connectivity index (χ4v) is 10.2. The van der Waals surface area contributed by atoms with E-state index < -0.39 is 0 Å². The Labute approximate surface area is 241 Å². The van der Waals surface area contributed by atoms with Crippen molar-refractivity contribution in [3.8, 4) is 0 Å². The highest BCUT2D eigenvalue weighted by atomic mass is 16.5. The minimum Gasteiger partial charge on any atom is -0.374 e. The number of rotatable bonds is 6. The van der Waals surface area contributed by atoms with Crippen LogP contribution in [0.15, 0.2) is 0 Å². The molecule has 6 aliphatic rings. The van der Waals surface area contributed by atoms with Gasteiger partial charge in [0.05, 0.1) is 12.7 Å². The van der Waals surface area contributed by atoms with Gasteiger partial charge in [-0.2, -0.15) is 0 Å². The summed E-state index contributed by atoms with van der Waals surface area (Å²) in [6.07, 6.45) is 11.9. The molecule has 0 radical (unpaired) electrons. The van der Waals surface area contributed by atoms with Crippen molar-refractivity contribution < 1.29 is 4.74 Å². The van der Waals surface area contributed by atoms with Crippen LogP contribution in [-0.2, 0) is 4.74 Å². The summed E-state index contributed by atoms with van der Waals surface area (Å²) in [6.45, 7) is 27.1. The molecule has 4 saturated heterocycles. The lowest BCUT2D eigenvalue weighted by atomic mass is 9.61. The molecule has 39 heavy (non-hydrogen) atoms. The quantitative estimate of drug-likeness (QED) is 0.480. The molecule has 8 unspecified atom stereocenters. The normalized spacial score (nSPS) is 41.0. The van der Waals surface area contributed by atoms with Crippen LogP contribution in [0.4, 0.5) is 0 Å². The second-order valence-electron chi connectivity index (χ2n) is 17.2. The third kappa shape index (κ3) is 6.01. The highest BCUT2D eigenvalue weighted by Gasteiger charge is 2.50. The van der Waals surface area contributed by atoms with E-state index in [9.17, 15) is 0 Å². The molecule has 5 nitrogen and oxygen atoms in total. The summed E-state index contributed by atoms with van der Waals surface area (Å²) in [6, 6.07) is 0.531. The monoisotopic (exact) mass is 542 g/mol. The molecule has 4 heterocycles. The Kier molecular flexibility index (Phi) is 8.01. The summed E-state index contributed by atoms with van der Waals surface area (Å²) in [7, 11) is 0. The van der Waals surface area contributed by atoms with Gasteiger partial charge in [-0.1, -0.05) is 12.8 Å². The Bertz CT molecular complexity index is 837. The van der Waals surface area contributed by atoms with Gasteiger partial charge in [-0.25, -0.2) is 0 Å². The van der Waals surface area contributed by atoms with Crippen LogP contribution in [0.1, 0.15) is 99.8 Å². The molecule has 0 aromatic heterocycles. The average molecular weight is 543 g/mol. The van der Waals surface area contributed by atoms with Crippen molar-refractivity contribution in [1.29, 1.82) is 0 Å². The maximum atomic E-state index is 6.15. The number of likely N-dealkylation sites (tertiary alicyclic amines) is 3. The van der Waals surface area contributed by atoms with Crippen molar-refractivity contribution in [3.63, 3.8) is 0 Å². The zero-order valence-electron chi connectivity index (χ0n) is 26.7. The number of piperidine rings is 1. The van der Waals surface area contributed by atoms with Gasteiger partial charge in [-0.05, 0) is 122 Å². The van der Waals surface area contributed by atoms with Crippen molar-refractivity contribution in [3.05, 3.63) is 0 Å². The first-order valence-electron chi connectivity index (χ1n) is 17.0. The number of morpholine rings is 1. The van der Waals surface area contributed by atoms with E-state index in [0.29, 0.717) is 12.1 Å². The summed E-state index contributed by atoms with van der Waals surface area (Å²) >= 11 is 0. The van der Waals surface area contributed by atoms with Gasteiger partial charge in [0.15, 0.2) is 0 Å². The maximum absolute atomic E-state index is 6.15. The Morgan fingerprint density at radius 1 is 0.692 bits per heavy atom. The topological polar surface area (TPSA) is 31.0 Å². The van der Waals surface area contributed by atoms with Gasteiger partial charge in [0, 0.05) is 68.5 Å². The van der Waals surface area contributed by atoms with Crippen LogP contribution in [0.2, 0.25) is 0 Å². The van der Waals surface area contributed by atoms with Crippen molar-refractivity contribution >= 4 is 0 Å². The molecular weight excluding hydrogens is 480 g/mol. The number of nitrogens with one attached hydrogen (secondary N) is 1. The molecule has 6 rings (SSSR count). The molecule has 0 spiro atoms. The van der Waals surface area contributed by atoms with Crippen LogP contribution in [0.25, 0.3) is 0 Å². The minimum atomic E-state index is 0.242. The molecular formula is C34H62N4O. The highest BCUT2D eigenvalue weighted by Crippen LogP contribution is 2.50. The lowest BCUT2D eigenvalue weighted by Crippen LogP contribution is -2.59. The molecule has 4 aliphatic heterocycles. The van der Waals surface area contributed by atoms with Crippen LogP contribution in [-0.4, -0.2) is 95.9 Å². The summed E-state index contributed by atoms with van der Waals surface area (Å²) in [5.74, 6) is 5.49. The van der Waals surface area contributed by atoms with E-state index in [1.807, 2.05) is 0 Å². The molecule has 0 aromatic carbocycles. The van der Waals surface area contributed by atoms with Crippen molar-refractivity contribution in [1.82, 2.24) is 20.0 Å². The molecule has 0 bridgehead atoms. The molecule has 8 atom stereocenters. The van der Waals surface area contributed by atoms with E-state index in [-0.39, 0.29) is 16.6 Å². The average Bonchev–Trinajstić information content (AvgIpc) is 3.42. The van der Waals surface area contributed by atoms with Gasteiger partial charge in [0.2, 0.25) is 0 Å². The van der Waals surface area contributed by atoms with Crippen LogP contribution >= 0.6 is 0 Å². The summed E-state index contributed by atoms with van der Waals surface area (Å²) in [4.78, 5) is 8.63. The van der Waals surface area contributed by atoms with Gasteiger partial charge in [0.25, 0.3) is 0 Å². The summed E-state index contributed by atoms with van der Waals surface area (Å²) in [5.41, 5.74) is 0.816. The molecule has 0 aromatic rings. The number of nitrogens with zero attached hydrogens (tertiary/aromatic N) is 3. The van der Waals surface area contributed by atoms with Gasteiger partial charge in [-0.3, -0.25) is 14.7 Å². The van der Waals surface area contributed by atoms with Gasteiger partial charge < -0.3 is 10.1 Å². The zero-order chi connectivity index (χ0) is 27.6. The van der Waals surface area contributed by atoms with Crippen LogP contribution < -0.4 is 5.32 Å². The van der Waals surface area contributed by atoms with E-state index in [1.165, 1.54) is 77.5 Å². The number of hydrogen-bond acceptors (Lipinski definition) is 5. The molecule has 2 saturated carbocycles. The molecule has 6 fully saturated rings. The van der Waals surface area contributed by atoms with Crippen molar-refractivity contribution in [2.24, 2.45) is 35.5 Å². The SMILES string of the molecule is CC(C)(C)N1CC(CC(C)(C)N2CC3CCC3C(CC(C)(C)N3CC4NCCOC4C3)C2)CC2CCCC2C1. The Balaban J connectivity index is 1.12. The number of fused-ring (bicyclic) bond motifs is 3. The molecule has 2 aliphatic carbocycles.